The molecule has 0 bridgehead atoms. The SMILES string of the molecule is CCC(O)CNC(=O)c1ccc(Br)cc1N. The van der Waals surface area contributed by atoms with E-state index in [1.165, 1.54) is 0 Å². The van der Waals surface area contributed by atoms with Crippen molar-refractivity contribution in [3.63, 3.8) is 0 Å². The fourth-order valence-corrected chi connectivity index (χ4v) is 1.57. The van der Waals surface area contributed by atoms with Crippen molar-refractivity contribution in [2.45, 2.75) is 19.4 Å². The molecule has 0 spiro atoms. The van der Waals surface area contributed by atoms with Gasteiger partial charge in [-0.25, -0.2) is 0 Å². The van der Waals surface area contributed by atoms with Crippen molar-refractivity contribution < 1.29 is 9.90 Å². The smallest absolute Gasteiger partial charge is 0.253 e. The normalized spacial score (nSPS) is 12.2. The van der Waals surface area contributed by atoms with Crippen molar-refractivity contribution in [2.24, 2.45) is 0 Å². The predicted octanol–water partition coefficient (Wildman–Crippen LogP) is 1.53. The molecule has 1 atom stereocenters. The lowest BCUT2D eigenvalue weighted by atomic mass is 10.1. The van der Waals surface area contributed by atoms with Crippen LogP contribution in [0.5, 0.6) is 0 Å². The highest BCUT2D eigenvalue weighted by atomic mass is 79.9. The molecule has 0 aliphatic rings. The number of carbonyl (C=O) groups excluding carboxylic acids is 1. The van der Waals surface area contributed by atoms with Gasteiger partial charge in [0.1, 0.15) is 0 Å². The largest absolute Gasteiger partial charge is 0.398 e. The number of nitrogen functional groups attached to an aromatic ring is 1. The molecule has 0 aliphatic heterocycles. The van der Waals surface area contributed by atoms with Crippen LogP contribution in [0.15, 0.2) is 22.7 Å². The summed E-state index contributed by atoms with van der Waals surface area (Å²) < 4.78 is 0.829. The Balaban J connectivity index is 2.66. The summed E-state index contributed by atoms with van der Waals surface area (Å²) in [5.74, 6) is -0.266. The van der Waals surface area contributed by atoms with Crippen molar-refractivity contribution in [3.8, 4) is 0 Å². The maximum absolute atomic E-state index is 11.7. The zero-order chi connectivity index (χ0) is 12.1. The number of anilines is 1. The summed E-state index contributed by atoms with van der Waals surface area (Å²) in [5.41, 5.74) is 6.55. The molecule has 1 unspecified atom stereocenters. The van der Waals surface area contributed by atoms with Crippen LogP contribution in [0.25, 0.3) is 0 Å². The fourth-order valence-electron chi connectivity index (χ4n) is 1.19. The molecule has 0 aromatic heterocycles. The van der Waals surface area contributed by atoms with Gasteiger partial charge in [0.2, 0.25) is 0 Å². The first kappa shape index (κ1) is 13.0. The van der Waals surface area contributed by atoms with Gasteiger partial charge in [-0.2, -0.15) is 0 Å². The Bertz CT molecular complexity index is 382. The number of rotatable bonds is 4. The van der Waals surface area contributed by atoms with Crippen LogP contribution in [0.1, 0.15) is 23.7 Å². The van der Waals surface area contributed by atoms with Gasteiger partial charge in [-0.05, 0) is 24.6 Å². The first-order chi connectivity index (χ1) is 7.54. The lowest BCUT2D eigenvalue weighted by Gasteiger charge is -2.10. The Morgan fingerprint density at radius 2 is 2.31 bits per heavy atom. The number of aliphatic hydroxyl groups is 1. The maximum atomic E-state index is 11.7. The monoisotopic (exact) mass is 286 g/mol. The highest BCUT2D eigenvalue weighted by Crippen LogP contribution is 2.18. The van der Waals surface area contributed by atoms with Gasteiger partial charge in [0.15, 0.2) is 0 Å². The van der Waals surface area contributed by atoms with Gasteiger partial charge in [-0.3, -0.25) is 4.79 Å². The van der Waals surface area contributed by atoms with Gasteiger partial charge >= 0.3 is 0 Å². The molecule has 1 amide bonds. The molecule has 4 N–H and O–H groups in total. The Labute approximate surface area is 103 Å². The third kappa shape index (κ3) is 3.50. The van der Waals surface area contributed by atoms with E-state index in [9.17, 15) is 9.90 Å². The van der Waals surface area contributed by atoms with Gasteiger partial charge in [0, 0.05) is 16.7 Å². The van der Waals surface area contributed by atoms with Crippen LogP contribution in [-0.2, 0) is 0 Å². The number of hydrogen-bond acceptors (Lipinski definition) is 3. The maximum Gasteiger partial charge on any atom is 0.253 e. The van der Waals surface area contributed by atoms with Crippen molar-refractivity contribution in [3.05, 3.63) is 28.2 Å². The highest BCUT2D eigenvalue weighted by molar-refractivity contribution is 9.10. The van der Waals surface area contributed by atoms with E-state index in [0.717, 1.165) is 4.47 Å². The van der Waals surface area contributed by atoms with Gasteiger partial charge in [0.25, 0.3) is 5.91 Å². The third-order valence-electron chi connectivity index (χ3n) is 2.23. The minimum Gasteiger partial charge on any atom is -0.398 e. The first-order valence-corrected chi connectivity index (χ1v) is 5.85. The standard InChI is InChI=1S/C11H15BrN2O2/c1-2-8(15)6-14-11(16)9-4-3-7(12)5-10(9)13/h3-5,8,15H,2,6,13H2,1H3,(H,14,16). The lowest BCUT2D eigenvalue weighted by Crippen LogP contribution is -2.32. The molecule has 5 heteroatoms. The van der Waals surface area contributed by atoms with Crippen LogP contribution < -0.4 is 11.1 Å². The summed E-state index contributed by atoms with van der Waals surface area (Å²) in [6.07, 6.45) is 0.0939. The zero-order valence-electron chi connectivity index (χ0n) is 9.03. The minimum absolute atomic E-state index is 0.241. The van der Waals surface area contributed by atoms with Crippen LogP contribution in [0.2, 0.25) is 0 Å². The van der Waals surface area contributed by atoms with E-state index in [-0.39, 0.29) is 12.5 Å². The number of amides is 1. The molecule has 88 valence electrons. The lowest BCUT2D eigenvalue weighted by molar-refractivity contribution is 0.0915. The summed E-state index contributed by atoms with van der Waals surface area (Å²) in [6.45, 7) is 2.09. The Hall–Kier alpha value is -1.07. The molecule has 0 aliphatic carbocycles. The number of nitrogens with two attached hydrogens (primary N) is 1. The molecule has 0 radical (unpaired) electrons. The first-order valence-electron chi connectivity index (χ1n) is 5.06. The predicted molar refractivity (Wildman–Crippen MR) is 67.2 cm³/mol. The van der Waals surface area contributed by atoms with E-state index in [1.54, 1.807) is 18.2 Å². The van der Waals surface area contributed by atoms with E-state index in [4.69, 9.17) is 5.73 Å². The summed E-state index contributed by atoms with van der Waals surface area (Å²) in [6, 6.07) is 5.07. The van der Waals surface area contributed by atoms with Crippen LogP contribution in [0.3, 0.4) is 0 Å². The van der Waals surface area contributed by atoms with E-state index in [0.29, 0.717) is 17.7 Å². The molecule has 0 saturated carbocycles. The van der Waals surface area contributed by atoms with Crippen molar-refractivity contribution in [1.82, 2.24) is 5.32 Å². The molecule has 0 saturated heterocycles. The fraction of sp³-hybridized carbons (Fsp3) is 0.364. The van der Waals surface area contributed by atoms with E-state index in [1.807, 2.05) is 6.92 Å². The third-order valence-corrected chi connectivity index (χ3v) is 2.72. The van der Waals surface area contributed by atoms with Crippen molar-refractivity contribution >= 4 is 27.5 Å². The number of hydrogen-bond donors (Lipinski definition) is 3. The summed E-state index contributed by atoms with van der Waals surface area (Å²) in [5, 5.41) is 11.9. The second-order valence-corrected chi connectivity index (χ2v) is 4.42. The van der Waals surface area contributed by atoms with E-state index >= 15 is 0 Å². The Morgan fingerprint density at radius 3 is 2.88 bits per heavy atom. The molecular weight excluding hydrogens is 272 g/mol. The van der Waals surface area contributed by atoms with Gasteiger partial charge < -0.3 is 16.2 Å². The second kappa shape index (κ2) is 5.86. The Morgan fingerprint density at radius 1 is 1.62 bits per heavy atom. The molecule has 1 aromatic carbocycles. The van der Waals surface area contributed by atoms with E-state index in [2.05, 4.69) is 21.2 Å². The minimum atomic E-state index is -0.513. The molecule has 1 rings (SSSR count). The quantitative estimate of drug-likeness (QED) is 0.735. The number of nitrogens with one attached hydrogen (secondary N) is 1. The average molecular weight is 287 g/mol. The van der Waals surface area contributed by atoms with E-state index < -0.39 is 6.10 Å². The van der Waals surface area contributed by atoms with Crippen LogP contribution in [0, 0.1) is 0 Å². The number of benzene rings is 1. The molecular formula is C11H15BrN2O2. The molecule has 16 heavy (non-hydrogen) atoms. The number of aliphatic hydroxyl groups excluding tert-OH is 1. The highest BCUT2D eigenvalue weighted by Gasteiger charge is 2.10. The zero-order valence-corrected chi connectivity index (χ0v) is 10.6. The van der Waals surface area contributed by atoms with Gasteiger partial charge in [-0.1, -0.05) is 22.9 Å². The summed E-state index contributed by atoms with van der Waals surface area (Å²) >= 11 is 3.27. The summed E-state index contributed by atoms with van der Waals surface area (Å²) in [7, 11) is 0. The molecule has 0 heterocycles. The second-order valence-electron chi connectivity index (χ2n) is 3.50. The van der Waals surface area contributed by atoms with Crippen LogP contribution in [-0.4, -0.2) is 23.7 Å². The topological polar surface area (TPSA) is 75.3 Å². The molecule has 1 aromatic rings. The van der Waals surface area contributed by atoms with Crippen LogP contribution >= 0.6 is 15.9 Å². The number of halogens is 1. The van der Waals surface area contributed by atoms with Crippen molar-refractivity contribution in [1.29, 1.82) is 0 Å². The van der Waals surface area contributed by atoms with Crippen LogP contribution in [0.4, 0.5) is 5.69 Å². The Kier molecular flexibility index (Phi) is 4.76. The average Bonchev–Trinajstić information content (AvgIpc) is 2.25. The number of carbonyl (C=O) groups is 1. The summed E-state index contributed by atoms with van der Waals surface area (Å²) in [4.78, 5) is 11.7. The molecule has 0 fully saturated rings. The molecule has 4 nitrogen and oxygen atoms in total. The van der Waals surface area contributed by atoms with Crippen molar-refractivity contribution in [2.75, 3.05) is 12.3 Å². The van der Waals surface area contributed by atoms with Gasteiger partial charge in [0.05, 0.1) is 11.7 Å². The van der Waals surface area contributed by atoms with Gasteiger partial charge in [-0.15, -0.1) is 0 Å².